The molecule has 0 fully saturated rings. The van der Waals surface area contributed by atoms with Gasteiger partial charge in [0.2, 0.25) is 0 Å². The molecule has 0 amide bonds. The van der Waals surface area contributed by atoms with Gasteiger partial charge in [0, 0.05) is 19.7 Å². The Morgan fingerprint density at radius 1 is 1.10 bits per heavy atom. The van der Waals surface area contributed by atoms with Crippen LogP contribution in [-0.2, 0) is 6.54 Å². The average molecular weight is 522 g/mol. The summed E-state index contributed by atoms with van der Waals surface area (Å²) in [5, 5.41) is 10.5. The van der Waals surface area contributed by atoms with Crippen molar-refractivity contribution in [3.63, 3.8) is 0 Å². The third-order valence-corrected chi connectivity index (χ3v) is 4.31. The maximum absolute atomic E-state index is 5.74. The molecule has 0 aliphatic rings. The Balaban J connectivity index is 0.00000320. The van der Waals surface area contributed by atoms with Crippen molar-refractivity contribution in [2.75, 3.05) is 34.4 Å². The van der Waals surface area contributed by atoms with Crippen LogP contribution >= 0.6 is 24.0 Å². The fourth-order valence-electron chi connectivity index (χ4n) is 2.71. The number of benzene rings is 2. The molecule has 0 saturated carbocycles. The smallest absolute Gasteiger partial charge is 0.193 e. The number of rotatable bonds is 8. The molecule has 0 bridgehead atoms. The molecule has 3 rings (SSSR count). The highest BCUT2D eigenvalue weighted by atomic mass is 127. The summed E-state index contributed by atoms with van der Waals surface area (Å²) in [7, 11) is 5.36. The molecule has 2 aromatic carbocycles. The zero-order valence-corrected chi connectivity index (χ0v) is 19.7. The number of guanidine groups is 1. The first-order valence-electron chi connectivity index (χ1n) is 9.35. The Morgan fingerprint density at radius 2 is 1.83 bits per heavy atom. The Hall–Kier alpha value is -2.82. The third-order valence-electron chi connectivity index (χ3n) is 4.31. The van der Waals surface area contributed by atoms with Crippen LogP contribution in [0.25, 0.3) is 11.4 Å². The molecule has 0 spiro atoms. The van der Waals surface area contributed by atoms with Gasteiger partial charge in [-0.3, -0.25) is 10.1 Å². The molecule has 8 nitrogen and oxygen atoms in total. The Labute approximate surface area is 193 Å². The van der Waals surface area contributed by atoms with E-state index in [9.17, 15) is 0 Å². The second-order valence-corrected chi connectivity index (χ2v) is 6.32. The van der Waals surface area contributed by atoms with Crippen LogP contribution in [0.5, 0.6) is 11.5 Å². The first-order chi connectivity index (χ1) is 14.2. The molecule has 1 aromatic heterocycles. The van der Waals surface area contributed by atoms with E-state index in [2.05, 4.69) is 25.5 Å². The van der Waals surface area contributed by atoms with Crippen molar-refractivity contribution in [3.8, 4) is 22.9 Å². The first kappa shape index (κ1) is 23.5. The van der Waals surface area contributed by atoms with E-state index in [4.69, 9.17) is 9.47 Å². The second kappa shape index (κ2) is 12.0. The van der Waals surface area contributed by atoms with E-state index in [0.717, 1.165) is 28.8 Å². The molecule has 3 aromatic rings. The quantitative estimate of drug-likeness (QED) is 0.269. The average Bonchev–Trinajstić information content (AvgIpc) is 3.24. The molecular weight excluding hydrogens is 495 g/mol. The summed E-state index contributed by atoms with van der Waals surface area (Å²) in [6, 6.07) is 17.4. The number of likely N-dealkylation sites (N-methyl/N-ethyl adjacent to an activating group) is 1. The largest absolute Gasteiger partial charge is 0.497 e. The van der Waals surface area contributed by atoms with Crippen LogP contribution in [0.2, 0.25) is 0 Å². The standard InChI is InChI=1S/C21H26N6O2.HI/c1-22-21(27(2)13-14-29-18-7-5-4-6-8-18)23-15-19-24-20(26-25-19)16-9-11-17(28-3)12-10-16;/h4-12H,13-15H2,1-3H3,(H,22,23)(H,24,25,26);1H. The number of nitrogens with one attached hydrogen (secondary N) is 2. The summed E-state index contributed by atoms with van der Waals surface area (Å²) in [5.74, 6) is 3.78. The Bertz CT molecular complexity index is 915. The van der Waals surface area contributed by atoms with Crippen molar-refractivity contribution in [1.29, 1.82) is 0 Å². The number of aliphatic imine (C=N–C) groups is 1. The van der Waals surface area contributed by atoms with Crippen LogP contribution in [0.1, 0.15) is 5.82 Å². The van der Waals surface area contributed by atoms with Crippen molar-refractivity contribution >= 4 is 29.9 Å². The SMILES string of the molecule is CN=C(NCc1nc(-c2ccc(OC)cc2)n[nH]1)N(C)CCOc1ccccc1.I. The summed E-state index contributed by atoms with van der Waals surface area (Å²) < 4.78 is 10.9. The van der Waals surface area contributed by atoms with Gasteiger partial charge in [-0.2, -0.15) is 5.10 Å². The minimum atomic E-state index is 0. The van der Waals surface area contributed by atoms with Crippen LogP contribution < -0.4 is 14.8 Å². The first-order valence-corrected chi connectivity index (χ1v) is 9.35. The third kappa shape index (κ3) is 6.61. The molecule has 160 valence electrons. The zero-order valence-electron chi connectivity index (χ0n) is 17.3. The molecule has 0 aliphatic carbocycles. The number of nitrogens with zero attached hydrogens (tertiary/aromatic N) is 4. The number of hydrogen-bond acceptors (Lipinski definition) is 5. The van der Waals surface area contributed by atoms with Gasteiger partial charge in [-0.05, 0) is 36.4 Å². The summed E-state index contributed by atoms with van der Waals surface area (Å²) >= 11 is 0. The number of aromatic nitrogens is 3. The molecule has 0 atom stereocenters. The number of aromatic amines is 1. The predicted molar refractivity (Wildman–Crippen MR) is 129 cm³/mol. The number of H-pyrrole nitrogens is 1. The maximum atomic E-state index is 5.74. The molecular formula is C21H27IN6O2. The van der Waals surface area contributed by atoms with Crippen molar-refractivity contribution < 1.29 is 9.47 Å². The molecule has 0 radical (unpaired) electrons. The zero-order chi connectivity index (χ0) is 20.5. The van der Waals surface area contributed by atoms with Crippen molar-refractivity contribution in [3.05, 3.63) is 60.4 Å². The monoisotopic (exact) mass is 522 g/mol. The van der Waals surface area contributed by atoms with E-state index < -0.39 is 0 Å². The predicted octanol–water partition coefficient (Wildman–Crippen LogP) is 3.18. The minimum absolute atomic E-state index is 0. The van der Waals surface area contributed by atoms with Gasteiger partial charge in [-0.1, -0.05) is 18.2 Å². The highest BCUT2D eigenvalue weighted by Crippen LogP contribution is 2.18. The molecule has 0 unspecified atom stereocenters. The van der Waals surface area contributed by atoms with E-state index in [0.29, 0.717) is 25.5 Å². The van der Waals surface area contributed by atoms with Gasteiger partial charge < -0.3 is 19.7 Å². The van der Waals surface area contributed by atoms with Gasteiger partial charge >= 0.3 is 0 Å². The number of methoxy groups -OCH3 is 1. The normalized spacial score (nSPS) is 10.8. The molecule has 2 N–H and O–H groups in total. The maximum Gasteiger partial charge on any atom is 0.193 e. The molecule has 30 heavy (non-hydrogen) atoms. The molecule has 0 saturated heterocycles. The lowest BCUT2D eigenvalue weighted by Gasteiger charge is -2.21. The molecule has 1 heterocycles. The van der Waals surface area contributed by atoms with Crippen LogP contribution in [-0.4, -0.2) is 60.4 Å². The van der Waals surface area contributed by atoms with Crippen molar-refractivity contribution in [2.24, 2.45) is 4.99 Å². The summed E-state index contributed by atoms with van der Waals surface area (Å²) in [4.78, 5) is 10.9. The van der Waals surface area contributed by atoms with Gasteiger partial charge in [0.1, 0.15) is 23.9 Å². The van der Waals surface area contributed by atoms with Gasteiger partial charge in [0.05, 0.1) is 20.2 Å². The fraction of sp³-hybridized carbons (Fsp3) is 0.286. The Kier molecular flexibility index (Phi) is 9.39. The van der Waals surface area contributed by atoms with Crippen LogP contribution in [0, 0.1) is 0 Å². The lowest BCUT2D eigenvalue weighted by Crippen LogP contribution is -2.40. The van der Waals surface area contributed by atoms with Crippen molar-refractivity contribution in [1.82, 2.24) is 25.4 Å². The van der Waals surface area contributed by atoms with Gasteiger partial charge in [-0.25, -0.2) is 4.98 Å². The lowest BCUT2D eigenvalue weighted by molar-refractivity contribution is 0.281. The van der Waals surface area contributed by atoms with E-state index in [-0.39, 0.29) is 24.0 Å². The summed E-state index contributed by atoms with van der Waals surface area (Å²) in [6.07, 6.45) is 0. The molecule has 0 aliphatic heterocycles. The lowest BCUT2D eigenvalue weighted by atomic mass is 10.2. The van der Waals surface area contributed by atoms with E-state index in [1.807, 2.05) is 66.5 Å². The van der Waals surface area contributed by atoms with Crippen LogP contribution in [0.15, 0.2) is 59.6 Å². The Morgan fingerprint density at radius 3 is 2.50 bits per heavy atom. The second-order valence-electron chi connectivity index (χ2n) is 6.32. The van der Waals surface area contributed by atoms with E-state index in [1.165, 1.54) is 0 Å². The van der Waals surface area contributed by atoms with Gasteiger partial charge in [0.25, 0.3) is 0 Å². The number of para-hydroxylation sites is 1. The minimum Gasteiger partial charge on any atom is -0.497 e. The number of hydrogen-bond donors (Lipinski definition) is 2. The summed E-state index contributed by atoms with van der Waals surface area (Å²) in [6.45, 7) is 1.74. The van der Waals surface area contributed by atoms with Gasteiger partial charge in [0.15, 0.2) is 11.8 Å². The van der Waals surface area contributed by atoms with Gasteiger partial charge in [-0.15, -0.1) is 24.0 Å². The number of halogens is 1. The number of ether oxygens (including phenoxy) is 2. The fourth-order valence-corrected chi connectivity index (χ4v) is 2.71. The highest BCUT2D eigenvalue weighted by molar-refractivity contribution is 14.0. The van der Waals surface area contributed by atoms with Crippen LogP contribution in [0.4, 0.5) is 0 Å². The van der Waals surface area contributed by atoms with E-state index >= 15 is 0 Å². The highest BCUT2D eigenvalue weighted by Gasteiger charge is 2.09. The van der Waals surface area contributed by atoms with Crippen LogP contribution in [0.3, 0.4) is 0 Å². The van der Waals surface area contributed by atoms with Crippen molar-refractivity contribution in [2.45, 2.75) is 6.54 Å². The molecule has 9 heteroatoms. The summed E-state index contributed by atoms with van der Waals surface area (Å²) in [5.41, 5.74) is 0.924. The van der Waals surface area contributed by atoms with E-state index in [1.54, 1.807) is 14.2 Å². The topological polar surface area (TPSA) is 87.7 Å².